The van der Waals surface area contributed by atoms with Crippen LogP contribution in [0.3, 0.4) is 0 Å². The summed E-state index contributed by atoms with van der Waals surface area (Å²) in [4.78, 5) is 19.1. The molecule has 0 bridgehead atoms. The van der Waals surface area contributed by atoms with Crippen LogP contribution in [0.2, 0.25) is 0 Å². The van der Waals surface area contributed by atoms with Crippen LogP contribution in [-0.2, 0) is 6.54 Å². The molecule has 2 aromatic carbocycles. The van der Waals surface area contributed by atoms with Gasteiger partial charge < -0.3 is 10.3 Å². The summed E-state index contributed by atoms with van der Waals surface area (Å²) < 4.78 is 13.2. The van der Waals surface area contributed by atoms with Gasteiger partial charge in [-0.3, -0.25) is 4.79 Å². The second-order valence-electron chi connectivity index (χ2n) is 4.84. The Bertz CT molecular complexity index is 858. The molecular weight excluding hydrogens is 269 g/mol. The van der Waals surface area contributed by atoms with Gasteiger partial charge in [0, 0.05) is 5.69 Å². The van der Waals surface area contributed by atoms with Gasteiger partial charge in [0.1, 0.15) is 11.6 Å². The molecule has 0 saturated heterocycles. The van der Waals surface area contributed by atoms with E-state index in [1.807, 2.05) is 13.0 Å². The molecule has 0 fully saturated rings. The quantitative estimate of drug-likeness (QED) is 0.777. The topological polar surface area (TPSA) is 57.8 Å². The van der Waals surface area contributed by atoms with Gasteiger partial charge in [-0.15, -0.1) is 0 Å². The van der Waals surface area contributed by atoms with Crippen molar-refractivity contribution in [2.24, 2.45) is 0 Å². The van der Waals surface area contributed by atoms with Crippen LogP contribution in [-0.4, -0.2) is 9.97 Å². The van der Waals surface area contributed by atoms with Crippen molar-refractivity contribution in [3.8, 4) is 0 Å². The minimum absolute atomic E-state index is 0.173. The number of aromatic nitrogens is 2. The van der Waals surface area contributed by atoms with Gasteiger partial charge in [0.05, 0.1) is 17.4 Å². The van der Waals surface area contributed by atoms with E-state index in [1.54, 1.807) is 24.3 Å². The highest BCUT2D eigenvalue weighted by Gasteiger charge is 2.04. The molecule has 0 unspecified atom stereocenters. The van der Waals surface area contributed by atoms with E-state index < -0.39 is 0 Å². The van der Waals surface area contributed by atoms with E-state index in [0.29, 0.717) is 29.0 Å². The second kappa shape index (κ2) is 5.36. The third-order valence-electron chi connectivity index (χ3n) is 3.31. The van der Waals surface area contributed by atoms with Gasteiger partial charge in [-0.1, -0.05) is 18.2 Å². The molecule has 1 aromatic heterocycles. The number of anilines is 1. The minimum Gasteiger partial charge on any atom is -0.378 e. The number of aryl methyl sites for hydroxylation is 1. The number of para-hydroxylation sites is 1. The molecule has 0 aliphatic rings. The summed E-state index contributed by atoms with van der Waals surface area (Å²) in [6, 6.07) is 11.7. The van der Waals surface area contributed by atoms with Gasteiger partial charge in [-0.2, -0.15) is 0 Å². The van der Waals surface area contributed by atoms with Gasteiger partial charge >= 0.3 is 0 Å². The maximum atomic E-state index is 13.2. The molecule has 0 saturated carbocycles. The van der Waals surface area contributed by atoms with E-state index in [4.69, 9.17) is 0 Å². The third kappa shape index (κ3) is 2.76. The summed E-state index contributed by atoms with van der Waals surface area (Å²) in [6.45, 7) is 2.21. The van der Waals surface area contributed by atoms with Crippen LogP contribution >= 0.6 is 0 Å². The molecule has 106 valence electrons. The lowest BCUT2D eigenvalue weighted by atomic mass is 10.2. The van der Waals surface area contributed by atoms with Crippen molar-refractivity contribution in [2.45, 2.75) is 13.5 Å². The molecule has 0 aliphatic heterocycles. The largest absolute Gasteiger partial charge is 0.378 e. The Hall–Kier alpha value is -2.69. The molecule has 0 spiro atoms. The van der Waals surface area contributed by atoms with Crippen molar-refractivity contribution in [2.75, 3.05) is 5.32 Å². The van der Waals surface area contributed by atoms with Crippen molar-refractivity contribution in [3.05, 3.63) is 70.0 Å². The molecule has 0 aliphatic carbocycles. The number of aromatic amines is 1. The zero-order valence-electron chi connectivity index (χ0n) is 11.5. The van der Waals surface area contributed by atoms with Gasteiger partial charge in [0.2, 0.25) is 0 Å². The molecule has 4 nitrogen and oxygen atoms in total. The average molecular weight is 283 g/mol. The summed E-state index contributed by atoms with van der Waals surface area (Å²) in [5, 5.41) is 3.65. The number of fused-ring (bicyclic) bond motifs is 1. The highest BCUT2D eigenvalue weighted by molar-refractivity contribution is 5.77. The number of hydrogen-bond donors (Lipinski definition) is 2. The van der Waals surface area contributed by atoms with Crippen LogP contribution in [0.25, 0.3) is 10.9 Å². The summed E-state index contributed by atoms with van der Waals surface area (Å²) in [5.41, 5.74) is 2.09. The second-order valence-corrected chi connectivity index (χ2v) is 4.84. The van der Waals surface area contributed by atoms with Crippen LogP contribution in [0.5, 0.6) is 0 Å². The third-order valence-corrected chi connectivity index (χ3v) is 3.31. The van der Waals surface area contributed by atoms with Crippen LogP contribution < -0.4 is 10.9 Å². The Kier molecular flexibility index (Phi) is 3.39. The Morgan fingerprint density at radius 3 is 2.90 bits per heavy atom. The predicted molar refractivity (Wildman–Crippen MR) is 80.8 cm³/mol. The lowest BCUT2D eigenvalue weighted by molar-refractivity contribution is 0.627. The number of H-pyrrole nitrogens is 1. The number of rotatable bonds is 3. The molecule has 3 rings (SSSR count). The number of nitrogens with zero attached hydrogens (tertiary/aromatic N) is 1. The minimum atomic E-state index is -0.303. The fourth-order valence-corrected chi connectivity index (χ4v) is 2.18. The van der Waals surface area contributed by atoms with Crippen LogP contribution in [0.4, 0.5) is 10.1 Å². The van der Waals surface area contributed by atoms with Gasteiger partial charge in [0.15, 0.2) is 0 Å². The number of halogens is 1. The standard InChI is InChI=1S/C16H14FN3O/c1-10-6-7-11(17)8-14(10)18-9-15-19-13-5-3-2-4-12(13)16(21)20-15/h2-8,18H,9H2,1H3,(H,19,20,21). The van der Waals surface area contributed by atoms with E-state index in [9.17, 15) is 9.18 Å². The SMILES string of the molecule is Cc1ccc(F)cc1NCc1nc2ccccc2c(=O)[nH]1. The fourth-order valence-electron chi connectivity index (χ4n) is 2.18. The Labute approximate surface area is 120 Å². The number of hydrogen-bond acceptors (Lipinski definition) is 3. The molecule has 0 amide bonds. The summed E-state index contributed by atoms with van der Waals surface area (Å²) in [5.74, 6) is 0.213. The fraction of sp³-hybridized carbons (Fsp3) is 0.125. The van der Waals surface area contributed by atoms with Crippen LogP contribution in [0.15, 0.2) is 47.3 Å². The first-order valence-electron chi connectivity index (χ1n) is 6.61. The molecule has 0 atom stereocenters. The van der Waals surface area contributed by atoms with E-state index in [0.717, 1.165) is 5.56 Å². The maximum Gasteiger partial charge on any atom is 0.258 e. The number of nitrogens with one attached hydrogen (secondary N) is 2. The Morgan fingerprint density at radius 1 is 1.24 bits per heavy atom. The maximum absolute atomic E-state index is 13.2. The van der Waals surface area contributed by atoms with Gasteiger partial charge in [0.25, 0.3) is 5.56 Å². The molecule has 21 heavy (non-hydrogen) atoms. The molecular formula is C16H14FN3O. The van der Waals surface area contributed by atoms with Crippen molar-refractivity contribution < 1.29 is 4.39 Å². The summed E-state index contributed by atoms with van der Waals surface area (Å²) in [6.07, 6.45) is 0. The smallest absolute Gasteiger partial charge is 0.258 e. The predicted octanol–water partition coefficient (Wildman–Crippen LogP) is 2.98. The van der Waals surface area contributed by atoms with Crippen molar-refractivity contribution in [1.82, 2.24) is 9.97 Å². The first kappa shape index (κ1) is 13.3. The summed E-state index contributed by atoms with van der Waals surface area (Å²) >= 11 is 0. The normalized spacial score (nSPS) is 10.8. The molecule has 3 aromatic rings. The molecule has 1 heterocycles. The van der Waals surface area contributed by atoms with E-state index >= 15 is 0 Å². The van der Waals surface area contributed by atoms with Crippen molar-refractivity contribution in [3.63, 3.8) is 0 Å². The first-order valence-corrected chi connectivity index (χ1v) is 6.61. The lowest BCUT2D eigenvalue weighted by Gasteiger charge is -2.09. The van der Waals surface area contributed by atoms with Crippen LogP contribution in [0, 0.1) is 12.7 Å². The lowest BCUT2D eigenvalue weighted by Crippen LogP contribution is -2.14. The highest BCUT2D eigenvalue weighted by atomic mass is 19.1. The Morgan fingerprint density at radius 2 is 2.05 bits per heavy atom. The zero-order valence-corrected chi connectivity index (χ0v) is 11.5. The van der Waals surface area contributed by atoms with E-state index in [1.165, 1.54) is 12.1 Å². The highest BCUT2D eigenvalue weighted by Crippen LogP contribution is 2.16. The monoisotopic (exact) mass is 283 g/mol. The van der Waals surface area contributed by atoms with Gasteiger partial charge in [-0.25, -0.2) is 9.37 Å². The van der Waals surface area contributed by atoms with Gasteiger partial charge in [-0.05, 0) is 36.8 Å². The van der Waals surface area contributed by atoms with E-state index in [2.05, 4.69) is 15.3 Å². The van der Waals surface area contributed by atoms with Crippen molar-refractivity contribution >= 4 is 16.6 Å². The Balaban J connectivity index is 1.88. The first-order chi connectivity index (χ1) is 10.1. The molecule has 5 heteroatoms. The molecule has 0 radical (unpaired) electrons. The van der Waals surface area contributed by atoms with Crippen LogP contribution in [0.1, 0.15) is 11.4 Å². The average Bonchev–Trinajstić information content (AvgIpc) is 2.48. The van der Waals surface area contributed by atoms with E-state index in [-0.39, 0.29) is 11.4 Å². The zero-order chi connectivity index (χ0) is 14.8. The number of benzene rings is 2. The summed E-state index contributed by atoms with van der Waals surface area (Å²) in [7, 11) is 0. The molecule has 2 N–H and O–H groups in total. The van der Waals surface area contributed by atoms with Crippen molar-refractivity contribution in [1.29, 1.82) is 0 Å².